The van der Waals surface area contributed by atoms with E-state index >= 15 is 0 Å². The summed E-state index contributed by atoms with van der Waals surface area (Å²) < 4.78 is 10.8. The summed E-state index contributed by atoms with van der Waals surface area (Å²) >= 11 is 0. The van der Waals surface area contributed by atoms with E-state index in [0.29, 0.717) is 32.1 Å². The van der Waals surface area contributed by atoms with E-state index in [1.807, 2.05) is 79.5 Å². The molecular formula is C45H50N8O5. The van der Waals surface area contributed by atoms with Crippen molar-refractivity contribution in [2.24, 2.45) is 0 Å². The maximum Gasteiger partial charge on any atom is 0.407 e. The number of carbonyl (C=O) groups excluding carboxylic acids is 3. The first-order valence-electron chi connectivity index (χ1n) is 19.7. The average Bonchev–Trinajstić information content (AvgIpc) is 3.89. The number of benzene rings is 4. The van der Waals surface area contributed by atoms with Crippen molar-refractivity contribution in [3.63, 3.8) is 0 Å². The number of fused-ring (bicyclic) bond motifs is 4. The van der Waals surface area contributed by atoms with Gasteiger partial charge >= 0.3 is 6.09 Å². The maximum atomic E-state index is 13.9. The fourth-order valence-electron chi connectivity index (χ4n) is 7.48. The van der Waals surface area contributed by atoms with Gasteiger partial charge in [0.15, 0.2) is 0 Å². The van der Waals surface area contributed by atoms with Crippen molar-refractivity contribution in [3.05, 3.63) is 114 Å². The minimum atomic E-state index is -0.650. The molecule has 7 rings (SSSR count). The lowest BCUT2D eigenvalue weighted by Crippen LogP contribution is -2.40. The normalized spacial score (nSPS) is 12.4. The number of amides is 3. The van der Waals surface area contributed by atoms with Crippen LogP contribution in [0.3, 0.4) is 0 Å². The van der Waals surface area contributed by atoms with Crippen LogP contribution in [0.25, 0.3) is 44.4 Å². The number of hydrogen-bond donors (Lipinski definition) is 3. The Morgan fingerprint density at radius 1 is 0.828 bits per heavy atom. The predicted molar refractivity (Wildman–Crippen MR) is 224 cm³/mol. The Kier molecular flexibility index (Phi) is 12.2. The smallest absolute Gasteiger partial charge is 0.407 e. The lowest BCUT2D eigenvalue weighted by molar-refractivity contribution is -0.137. The molecule has 3 N–H and O–H groups in total. The van der Waals surface area contributed by atoms with E-state index in [4.69, 9.17) is 9.72 Å². The standard InChI is InChI=1S/C45H50N8O5/c1-6-19-52(41(54)25-47-45(56)57-5)27-40-49-37-28-58-38-23-33(17-18-35(38)42(37)50-40)31-13-14-32-22-34(16-15-30(32)21-31)36-24-46-39(48-36)26-53(20-7-2)44(55)43(51(3)4)29-11-9-8-10-12-29/h8-18,21-24,43H,6-7,19-20,25-28H2,1-5H3,(H,46,48)(H,47,56)(H,49,50)/t43-/m1/s1. The summed E-state index contributed by atoms with van der Waals surface area (Å²) in [6, 6.07) is 28.5. The Hall–Kier alpha value is -6.47. The molecule has 13 heteroatoms. The number of rotatable bonds is 15. The third kappa shape index (κ3) is 8.74. The number of imidazole rings is 2. The number of carbonyl (C=O) groups is 3. The number of methoxy groups -OCH3 is 1. The SMILES string of the molecule is CCCN(Cc1nc2c([nH]1)COc1cc(-c3ccc4cc(-c5cnc(CN(CCC)C(=O)[C@@H](c6ccccc6)N(C)C)[nH]5)ccc4c3)ccc1-2)C(=O)CNC(=O)OC. The third-order valence-electron chi connectivity index (χ3n) is 10.3. The minimum Gasteiger partial charge on any atom is -0.487 e. The molecule has 6 aromatic rings. The van der Waals surface area contributed by atoms with Crippen molar-refractivity contribution < 1.29 is 23.9 Å². The summed E-state index contributed by atoms with van der Waals surface area (Å²) in [7, 11) is 5.14. The predicted octanol–water partition coefficient (Wildman–Crippen LogP) is 7.32. The fourth-order valence-corrected chi connectivity index (χ4v) is 7.48. The third-order valence-corrected chi connectivity index (χ3v) is 10.3. The van der Waals surface area contributed by atoms with Crippen molar-refractivity contribution in [1.82, 2.24) is 40.0 Å². The molecule has 300 valence electrons. The van der Waals surface area contributed by atoms with Gasteiger partial charge in [0.05, 0.1) is 43.5 Å². The molecule has 0 unspecified atom stereocenters. The molecule has 0 fully saturated rings. The van der Waals surface area contributed by atoms with Crippen LogP contribution in [0.4, 0.5) is 4.79 Å². The first-order valence-corrected chi connectivity index (χ1v) is 19.7. The number of hydrogen-bond acceptors (Lipinski definition) is 8. The van der Waals surface area contributed by atoms with Crippen LogP contribution in [-0.4, -0.2) is 93.4 Å². The first-order chi connectivity index (χ1) is 28.1. The van der Waals surface area contributed by atoms with Gasteiger partial charge in [-0.1, -0.05) is 74.5 Å². The topological polar surface area (TPSA) is 149 Å². The van der Waals surface area contributed by atoms with E-state index in [0.717, 1.165) is 80.1 Å². The highest BCUT2D eigenvalue weighted by molar-refractivity contribution is 5.91. The highest BCUT2D eigenvalue weighted by Crippen LogP contribution is 2.39. The Morgan fingerprint density at radius 2 is 1.50 bits per heavy atom. The second kappa shape index (κ2) is 17.8. The van der Waals surface area contributed by atoms with Crippen LogP contribution in [0.15, 0.2) is 91.1 Å². The monoisotopic (exact) mass is 782 g/mol. The quantitative estimate of drug-likeness (QED) is 0.0982. The molecule has 1 aliphatic rings. The van der Waals surface area contributed by atoms with Crippen LogP contribution < -0.4 is 10.1 Å². The highest BCUT2D eigenvalue weighted by atomic mass is 16.5. The van der Waals surface area contributed by atoms with E-state index in [2.05, 4.69) is 74.4 Å². The number of nitrogens with one attached hydrogen (secondary N) is 3. The van der Waals surface area contributed by atoms with Crippen LogP contribution >= 0.6 is 0 Å². The van der Waals surface area contributed by atoms with E-state index in [-0.39, 0.29) is 30.9 Å². The Bertz CT molecular complexity index is 2400. The average molecular weight is 783 g/mol. The van der Waals surface area contributed by atoms with Gasteiger partial charge in [-0.3, -0.25) is 14.5 Å². The van der Waals surface area contributed by atoms with Gasteiger partial charge in [-0.15, -0.1) is 0 Å². The molecule has 4 aromatic carbocycles. The van der Waals surface area contributed by atoms with Crippen molar-refractivity contribution in [2.75, 3.05) is 40.8 Å². The lowest BCUT2D eigenvalue weighted by Gasteiger charge is -2.30. The van der Waals surface area contributed by atoms with Gasteiger partial charge in [-0.2, -0.15) is 0 Å². The minimum absolute atomic E-state index is 0.0514. The van der Waals surface area contributed by atoms with Gasteiger partial charge in [-0.05, 0) is 78.7 Å². The molecule has 0 radical (unpaired) electrons. The van der Waals surface area contributed by atoms with Gasteiger partial charge in [0.2, 0.25) is 11.8 Å². The zero-order valence-electron chi connectivity index (χ0n) is 33.7. The molecule has 0 saturated heterocycles. The van der Waals surface area contributed by atoms with Gasteiger partial charge in [-0.25, -0.2) is 14.8 Å². The summed E-state index contributed by atoms with van der Waals surface area (Å²) in [6.07, 6.45) is 2.79. The molecule has 0 saturated carbocycles. The number of aromatic nitrogens is 4. The lowest BCUT2D eigenvalue weighted by atomic mass is 9.97. The van der Waals surface area contributed by atoms with E-state index in [1.165, 1.54) is 7.11 Å². The highest BCUT2D eigenvalue weighted by Gasteiger charge is 2.28. The molecule has 1 aliphatic heterocycles. The zero-order chi connectivity index (χ0) is 40.8. The Balaban J connectivity index is 1.05. The zero-order valence-corrected chi connectivity index (χ0v) is 33.7. The summed E-state index contributed by atoms with van der Waals surface area (Å²) in [4.78, 5) is 60.1. The largest absolute Gasteiger partial charge is 0.487 e. The summed E-state index contributed by atoms with van der Waals surface area (Å²) in [5.74, 6) is 1.96. The van der Waals surface area contributed by atoms with E-state index < -0.39 is 6.09 Å². The molecular weight excluding hydrogens is 733 g/mol. The molecule has 3 amide bonds. The van der Waals surface area contributed by atoms with Crippen LogP contribution in [0.2, 0.25) is 0 Å². The first kappa shape index (κ1) is 39.8. The molecule has 0 spiro atoms. The maximum absolute atomic E-state index is 13.9. The molecule has 1 atom stereocenters. The Morgan fingerprint density at radius 3 is 2.22 bits per heavy atom. The van der Waals surface area contributed by atoms with Crippen LogP contribution in [0, 0.1) is 0 Å². The summed E-state index contributed by atoms with van der Waals surface area (Å²) in [5.41, 5.74) is 7.50. The molecule has 13 nitrogen and oxygen atoms in total. The second-order valence-corrected chi connectivity index (χ2v) is 14.7. The molecule has 58 heavy (non-hydrogen) atoms. The summed E-state index contributed by atoms with van der Waals surface area (Å²) in [5, 5.41) is 4.65. The van der Waals surface area contributed by atoms with Gasteiger partial charge in [0, 0.05) is 24.2 Å². The van der Waals surface area contributed by atoms with Gasteiger partial charge < -0.3 is 34.6 Å². The molecule has 2 aromatic heterocycles. The van der Waals surface area contributed by atoms with E-state index in [9.17, 15) is 14.4 Å². The number of alkyl carbamates (subject to hydrolysis) is 1. The summed E-state index contributed by atoms with van der Waals surface area (Å²) in [6.45, 7) is 6.08. The number of likely N-dealkylation sites (N-methyl/N-ethyl adjacent to an activating group) is 1. The van der Waals surface area contributed by atoms with Crippen molar-refractivity contribution in [1.29, 1.82) is 0 Å². The van der Waals surface area contributed by atoms with Gasteiger partial charge in [0.25, 0.3) is 0 Å². The molecule has 0 bridgehead atoms. The number of H-pyrrole nitrogens is 2. The second-order valence-electron chi connectivity index (χ2n) is 14.7. The number of aromatic amines is 2. The van der Waals surface area contributed by atoms with Crippen molar-refractivity contribution >= 4 is 28.7 Å². The van der Waals surface area contributed by atoms with Crippen molar-refractivity contribution in [2.45, 2.75) is 52.4 Å². The number of nitrogens with zero attached hydrogens (tertiary/aromatic N) is 5. The molecule has 3 heterocycles. The van der Waals surface area contributed by atoms with Crippen LogP contribution in [-0.2, 0) is 34.0 Å². The van der Waals surface area contributed by atoms with Crippen LogP contribution in [0.5, 0.6) is 5.75 Å². The molecule has 0 aliphatic carbocycles. The fraction of sp³-hybridized carbons (Fsp3) is 0.311. The van der Waals surface area contributed by atoms with Crippen LogP contribution in [0.1, 0.15) is 55.6 Å². The van der Waals surface area contributed by atoms with Crippen molar-refractivity contribution in [3.8, 4) is 39.4 Å². The Labute approximate surface area is 338 Å². The number of ether oxygens (including phenoxy) is 2. The van der Waals surface area contributed by atoms with Gasteiger partial charge in [0.1, 0.15) is 36.6 Å². The van der Waals surface area contributed by atoms with E-state index in [1.54, 1.807) is 4.90 Å².